The first-order valence-corrected chi connectivity index (χ1v) is 6.42. The standard InChI is InChI=1S/C12H20ClNO2/c1-12(2,3)16-11(15)14-7-8-4-9(13)6-10(14)5-8/h8-10H,4-7H2,1-3H3/t8-,9-,10+/m0/s1. The molecule has 0 aromatic rings. The van der Waals surface area contributed by atoms with Crippen molar-refractivity contribution in [1.82, 2.24) is 4.90 Å². The van der Waals surface area contributed by atoms with E-state index >= 15 is 0 Å². The fraction of sp³-hybridized carbons (Fsp3) is 0.917. The van der Waals surface area contributed by atoms with E-state index in [2.05, 4.69) is 0 Å². The van der Waals surface area contributed by atoms with Crippen LogP contribution in [0.15, 0.2) is 0 Å². The summed E-state index contributed by atoms with van der Waals surface area (Å²) in [4.78, 5) is 13.8. The van der Waals surface area contributed by atoms with Gasteiger partial charge in [0.15, 0.2) is 0 Å². The lowest BCUT2D eigenvalue weighted by atomic mass is 9.90. The second-order valence-electron chi connectivity index (χ2n) is 5.96. The molecule has 0 spiro atoms. The van der Waals surface area contributed by atoms with Crippen molar-refractivity contribution in [3.63, 3.8) is 0 Å². The van der Waals surface area contributed by atoms with Gasteiger partial charge >= 0.3 is 6.09 Å². The molecule has 2 bridgehead atoms. The zero-order valence-corrected chi connectivity index (χ0v) is 11.0. The highest BCUT2D eigenvalue weighted by atomic mass is 35.5. The van der Waals surface area contributed by atoms with Crippen LogP contribution in [-0.2, 0) is 4.74 Å². The van der Waals surface area contributed by atoms with Crippen LogP contribution in [-0.4, -0.2) is 34.6 Å². The van der Waals surface area contributed by atoms with Gasteiger partial charge in [0.1, 0.15) is 5.60 Å². The van der Waals surface area contributed by atoms with Gasteiger partial charge in [-0.15, -0.1) is 11.6 Å². The molecule has 0 N–H and O–H groups in total. The molecule has 3 nitrogen and oxygen atoms in total. The Hall–Kier alpha value is -0.440. The molecule has 0 unspecified atom stereocenters. The molecule has 1 saturated carbocycles. The fourth-order valence-corrected chi connectivity index (χ4v) is 3.16. The van der Waals surface area contributed by atoms with Crippen molar-refractivity contribution in [2.45, 2.75) is 57.1 Å². The molecule has 0 aromatic heterocycles. The highest BCUT2D eigenvalue weighted by molar-refractivity contribution is 6.20. The van der Waals surface area contributed by atoms with Gasteiger partial charge in [-0.25, -0.2) is 4.79 Å². The molecule has 1 saturated heterocycles. The Morgan fingerprint density at radius 1 is 1.31 bits per heavy atom. The lowest BCUT2D eigenvalue weighted by molar-refractivity contribution is 0.0224. The van der Waals surface area contributed by atoms with E-state index in [9.17, 15) is 4.79 Å². The summed E-state index contributed by atoms with van der Waals surface area (Å²) in [5.74, 6) is 0.578. The van der Waals surface area contributed by atoms with Crippen molar-refractivity contribution in [3.05, 3.63) is 0 Å². The summed E-state index contributed by atoms with van der Waals surface area (Å²) in [7, 11) is 0. The number of amides is 1. The minimum atomic E-state index is -0.409. The summed E-state index contributed by atoms with van der Waals surface area (Å²) in [5.41, 5.74) is -0.409. The molecular formula is C12H20ClNO2. The van der Waals surface area contributed by atoms with E-state index < -0.39 is 5.60 Å². The number of likely N-dealkylation sites (tertiary alicyclic amines) is 1. The van der Waals surface area contributed by atoms with E-state index in [0.717, 1.165) is 25.8 Å². The zero-order chi connectivity index (χ0) is 11.9. The maximum atomic E-state index is 12.0. The quantitative estimate of drug-likeness (QED) is 0.614. The van der Waals surface area contributed by atoms with E-state index in [0.29, 0.717) is 12.0 Å². The average Bonchev–Trinajstić information content (AvgIpc) is 2.38. The first kappa shape index (κ1) is 12.0. The van der Waals surface area contributed by atoms with Crippen LogP contribution in [0.3, 0.4) is 0 Å². The van der Waals surface area contributed by atoms with Crippen molar-refractivity contribution >= 4 is 17.7 Å². The van der Waals surface area contributed by atoms with Gasteiger partial charge in [0, 0.05) is 18.0 Å². The molecular weight excluding hydrogens is 226 g/mol. The fourth-order valence-electron chi connectivity index (χ4n) is 2.71. The van der Waals surface area contributed by atoms with Gasteiger partial charge in [-0.2, -0.15) is 0 Å². The van der Waals surface area contributed by atoms with Crippen LogP contribution in [0.1, 0.15) is 40.0 Å². The third-order valence-electron chi connectivity index (χ3n) is 3.25. The van der Waals surface area contributed by atoms with E-state index in [4.69, 9.17) is 16.3 Å². The predicted molar refractivity (Wildman–Crippen MR) is 63.7 cm³/mol. The van der Waals surface area contributed by atoms with Crippen LogP contribution in [0, 0.1) is 5.92 Å². The first-order chi connectivity index (χ1) is 7.35. The number of hydrogen-bond acceptors (Lipinski definition) is 2. The minimum Gasteiger partial charge on any atom is -0.444 e. The van der Waals surface area contributed by atoms with Crippen molar-refractivity contribution < 1.29 is 9.53 Å². The van der Waals surface area contributed by atoms with Crippen LogP contribution in [0.5, 0.6) is 0 Å². The maximum absolute atomic E-state index is 12.0. The van der Waals surface area contributed by atoms with Crippen LogP contribution >= 0.6 is 11.6 Å². The Labute approximate surface area is 102 Å². The number of hydrogen-bond donors (Lipinski definition) is 0. The smallest absolute Gasteiger partial charge is 0.410 e. The molecule has 1 amide bonds. The highest BCUT2D eigenvalue weighted by Gasteiger charge is 2.42. The molecule has 16 heavy (non-hydrogen) atoms. The molecule has 1 heterocycles. The first-order valence-electron chi connectivity index (χ1n) is 5.99. The van der Waals surface area contributed by atoms with Crippen LogP contribution in [0.25, 0.3) is 0 Å². The van der Waals surface area contributed by atoms with Crippen LogP contribution in [0.2, 0.25) is 0 Å². The number of halogens is 1. The second kappa shape index (κ2) is 4.10. The van der Waals surface area contributed by atoms with E-state index in [1.54, 1.807) is 0 Å². The van der Waals surface area contributed by atoms with E-state index in [1.807, 2.05) is 25.7 Å². The Morgan fingerprint density at radius 2 is 2.00 bits per heavy atom. The number of alkyl halides is 1. The average molecular weight is 246 g/mol. The Morgan fingerprint density at radius 3 is 2.62 bits per heavy atom. The maximum Gasteiger partial charge on any atom is 0.410 e. The number of carbonyl (C=O) groups excluding carboxylic acids is 1. The number of nitrogens with zero attached hydrogens (tertiary/aromatic N) is 1. The van der Waals surface area contributed by atoms with Gasteiger partial charge in [0.2, 0.25) is 0 Å². The second-order valence-corrected chi connectivity index (χ2v) is 6.57. The summed E-state index contributed by atoms with van der Waals surface area (Å²) in [6.07, 6.45) is 2.88. The molecule has 2 aliphatic rings. The SMILES string of the molecule is CC(C)(C)OC(=O)N1C[C@H]2C[C@H](Cl)C[C@H]1C2. The molecule has 4 heteroatoms. The predicted octanol–water partition coefficient (Wildman–Crippen LogP) is 3.01. The molecule has 92 valence electrons. The molecule has 3 atom stereocenters. The monoisotopic (exact) mass is 245 g/mol. The number of rotatable bonds is 0. The lowest BCUT2D eigenvalue weighted by Gasteiger charge is -2.29. The topological polar surface area (TPSA) is 29.5 Å². The Kier molecular flexibility index (Phi) is 3.08. The number of fused-ring (bicyclic) bond motifs is 2. The summed E-state index contributed by atoms with van der Waals surface area (Å²) in [6.45, 7) is 6.52. The molecule has 2 rings (SSSR count). The van der Waals surface area contributed by atoms with Crippen molar-refractivity contribution in [1.29, 1.82) is 0 Å². The third-order valence-corrected chi connectivity index (χ3v) is 3.60. The third kappa shape index (κ3) is 2.62. The highest BCUT2D eigenvalue weighted by Crippen LogP contribution is 2.38. The van der Waals surface area contributed by atoms with Gasteiger partial charge in [0.05, 0.1) is 0 Å². The van der Waals surface area contributed by atoms with E-state index in [-0.39, 0.29) is 11.5 Å². The Bertz CT molecular complexity index is 287. The largest absolute Gasteiger partial charge is 0.444 e. The van der Waals surface area contributed by atoms with Gasteiger partial charge in [0.25, 0.3) is 0 Å². The molecule has 1 aliphatic heterocycles. The number of ether oxygens (including phenoxy) is 1. The Balaban J connectivity index is 1.98. The summed E-state index contributed by atoms with van der Waals surface area (Å²) in [5, 5.41) is 0.233. The van der Waals surface area contributed by atoms with E-state index in [1.165, 1.54) is 0 Å². The summed E-state index contributed by atoms with van der Waals surface area (Å²) in [6, 6.07) is 0.302. The minimum absolute atomic E-state index is 0.175. The van der Waals surface area contributed by atoms with Gasteiger partial charge in [-0.3, -0.25) is 0 Å². The zero-order valence-electron chi connectivity index (χ0n) is 10.2. The van der Waals surface area contributed by atoms with Crippen molar-refractivity contribution in [2.24, 2.45) is 5.92 Å². The summed E-state index contributed by atoms with van der Waals surface area (Å²) < 4.78 is 5.41. The molecule has 0 aromatic carbocycles. The van der Waals surface area contributed by atoms with Gasteiger partial charge in [-0.1, -0.05) is 0 Å². The molecule has 2 fully saturated rings. The lowest BCUT2D eigenvalue weighted by Crippen LogP contribution is -2.40. The van der Waals surface area contributed by atoms with Crippen molar-refractivity contribution in [3.8, 4) is 0 Å². The van der Waals surface area contributed by atoms with Gasteiger partial charge < -0.3 is 9.64 Å². The molecule has 0 radical (unpaired) electrons. The normalized spacial score (nSPS) is 34.0. The van der Waals surface area contributed by atoms with Crippen LogP contribution in [0.4, 0.5) is 4.79 Å². The summed E-state index contributed by atoms with van der Waals surface area (Å²) >= 11 is 6.17. The van der Waals surface area contributed by atoms with Crippen molar-refractivity contribution in [2.75, 3.05) is 6.54 Å². The number of carbonyl (C=O) groups is 1. The molecule has 1 aliphatic carbocycles. The van der Waals surface area contributed by atoms with Gasteiger partial charge in [-0.05, 0) is 46.0 Å². The van der Waals surface area contributed by atoms with Crippen LogP contribution < -0.4 is 0 Å².